The van der Waals surface area contributed by atoms with E-state index in [1.165, 1.54) is 0 Å². The molecule has 2 rings (SSSR count). The van der Waals surface area contributed by atoms with Gasteiger partial charge in [0.15, 0.2) is 0 Å². The molecule has 0 bridgehead atoms. The van der Waals surface area contributed by atoms with Crippen molar-refractivity contribution in [2.45, 2.75) is 70.1 Å². The minimum absolute atomic E-state index is 0.0785. The standard InChI is InChI=1S/C14H25NO3/c1-4-13(2)10-11(6-9-18-13)15-8-5-7-14(15,3)12(16)17/h11H,4-10H2,1-3H3,(H,16,17). The van der Waals surface area contributed by atoms with Crippen LogP contribution in [0.3, 0.4) is 0 Å². The Hall–Kier alpha value is -0.610. The van der Waals surface area contributed by atoms with E-state index in [2.05, 4.69) is 18.7 Å². The predicted molar refractivity (Wildman–Crippen MR) is 69.7 cm³/mol. The Labute approximate surface area is 109 Å². The third-order valence-electron chi connectivity index (χ3n) is 4.91. The Morgan fingerprint density at radius 3 is 2.83 bits per heavy atom. The van der Waals surface area contributed by atoms with E-state index in [-0.39, 0.29) is 5.60 Å². The molecule has 2 aliphatic rings. The third-order valence-corrected chi connectivity index (χ3v) is 4.91. The second kappa shape index (κ2) is 4.82. The van der Waals surface area contributed by atoms with Crippen molar-refractivity contribution in [3.63, 3.8) is 0 Å². The summed E-state index contributed by atoms with van der Waals surface area (Å²) in [6, 6.07) is 0.354. The molecule has 2 aliphatic heterocycles. The van der Waals surface area contributed by atoms with Gasteiger partial charge in [0, 0.05) is 12.6 Å². The highest BCUT2D eigenvalue weighted by molar-refractivity contribution is 5.78. The molecule has 0 aromatic heterocycles. The van der Waals surface area contributed by atoms with Crippen molar-refractivity contribution in [1.29, 1.82) is 0 Å². The van der Waals surface area contributed by atoms with Crippen LogP contribution in [0.5, 0.6) is 0 Å². The fourth-order valence-electron chi connectivity index (χ4n) is 3.41. The molecule has 0 amide bonds. The minimum atomic E-state index is -0.676. The molecule has 0 aromatic carbocycles. The maximum absolute atomic E-state index is 11.5. The zero-order valence-electron chi connectivity index (χ0n) is 11.7. The minimum Gasteiger partial charge on any atom is -0.480 e. The lowest BCUT2D eigenvalue weighted by atomic mass is 9.87. The fraction of sp³-hybridized carbons (Fsp3) is 0.929. The van der Waals surface area contributed by atoms with Gasteiger partial charge in [-0.15, -0.1) is 0 Å². The molecule has 3 unspecified atom stereocenters. The smallest absolute Gasteiger partial charge is 0.323 e. The van der Waals surface area contributed by atoms with Crippen LogP contribution >= 0.6 is 0 Å². The molecule has 4 heteroatoms. The van der Waals surface area contributed by atoms with Crippen molar-refractivity contribution in [1.82, 2.24) is 4.90 Å². The van der Waals surface area contributed by atoms with E-state index in [0.717, 1.165) is 45.3 Å². The topological polar surface area (TPSA) is 49.8 Å². The average Bonchev–Trinajstić information content (AvgIpc) is 2.73. The molecule has 18 heavy (non-hydrogen) atoms. The van der Waals surface area contributed by atoms with E-state index in [9.17, 15) is 9.90 Å². The zero-order valence-corrected chi connectivity index (χ0v) is 11.7. The van der Waals surface area contributed by atoms with Crippen molar-refractivity contribution in [3.8, 4) is 0 Å². The van der Waals surface area contributed by atoms with Crippen LogP contribution in [0.4, 0.5) is 0 Å². The summed E-state index contributed by atoms with van der Waals surface area (Å²) in [4.78, 5) is 13.7. The number of likely N-dealkylation sites (tertiary alicyclic amines) is 1. The normalized spacial score (nSPS) is 42.1. The van der Waals surface area contributed by atoms with Crippen molar-refractivity contribution in [2.24, 2.45) is 0 Å². The Morgan fingerprint density at radius 2 is 2.22 bits per heavy atom. The molecule has 0 aliphatic carbocycles. The number of aliphatic carboxylic acids is 1. The quantitative estimate of drug-likeness (QED) is 0.840. The highest BCUT2D eigenvalue weighted by Gasteiger charge is 2.48. The highest BCUT2D eigenvalue weighted by Crippen LogP contribution is 2.38. The molecule has 104 valence electrons. The van der Waals surface area contributed by atoms with E-state index >= 15 is 0 Å². The Morgan fingerprint density at radius 1 is 1.50 bits per heavy atom. The van der Waals surface area contributed by atoms with Gasteiger partial charge in [0.25, 0.3) is 0 Å². The van der Waals surface area contributed by atoms with Crippen LogP contribution in [0.1, 0.15) is 52.9 Å². The molecule has 4 nitrogen and oxygen atoms in total. The number of hydrogen-bond donors (Lipinski definition) is 1. The fourth-order valence-corrected chi connectivity index (χ4v) is 3.41. The summed E-state index contributed by atoms with van der Waals surface area (Å²) in [6.45, 7) is 7.83. The van der Waals surface area contributed by atoms with Crippen LogP contribution in [-0.2, 0) is 9.53 Å². The average molecular weight is 255 g/mol. The largest absolute Gasteiger partial charge is 0.480 e. The monoisotopic (exact) mass is 255 g/mol. The summed E-state index contributed by atoms with van der Waals surface area (Å²) >= 11 is 0. The van der Waals surface area contributed by atoms with E-state index in [4.69, 9.17) is 4.74 Å². The van der Waals surface area contributed by atoms with Crippen molar-refractivity contribution < 1.29 is 14.6 Å². The van der Waals surface area contributed by atoms with Crippen LogP contribution in [-0.4, -0.2) is 46.3 Å². The first-order valence-electron chi connectivity index (χ1n) is 7.05. The van der Waals surface area contributed by atoms with Gasteiger partial charge in [0.05, 0.1) is 5.60 Å². The molecule has 2 fully saturated rings. The van der Waals surface area contributed by atoms with Crippen LogP contribution in [0, 0.1) is 0 Å². The van der Waals surface area contributed by atoms with Gasteiger partial charge in [-0.1, -0.05) is 6.92 Å². The molecule has 1 N–H and O–H groups in total. The molecular weight excluding hydrogens is 230 g/mol. The van der Waals surface area contributed by atoms with Crippen LogP contribution in [0.15, 0.2) is 0 Å². The number of nitrogens with zero attached hydrogens (tertiary/aromatic N) is 1. The maximum Gasteiger partial charge on any atom is 0.323 e. The van der Waals surface area contributed by atoms with Gasteiger partial charge in [-0.05, 0) is 52.5 Å². The Balaban J connectivity index is 2.13. The van der Waals surface area contributed by atoms with Crippen LogP contribution < -0.4 is 0 Å². The summed E-state index contributed by atoms with van der Waals surface area (Å²) in [7, 11) is 0. The summed E-state index contributed by atoms with van der Waals surface area (Å²) in [5.74, 6) is -0.676. The first-order chi connectivity index (χ1) is 8.41. The van der Waals surface area contributed by atoms with Crippen molar-refractivity contribution in [2.75, 3.05) is 13.2 Å². The zero-order chi connectivity index (χ0) is 13.4. The van der Waals surface area contributed by atoms with E-state index in [1.807, 2.05) is 6.92 Å². The predicted octanol–water partition coefficient (Wildman–Crippen LogP) is 2.27. The Bertz CT molecular complexity index is 333. The second-order valence-electron chi connectivity index (χ2n) is 6.17. The SMILES string of the molecule is CCC1(C)CC(N2CCCC2(C)C(=O)O)CCO1. The molecule has 3 atom stereocenters. The number of carboxylic acid groups (broad SMARTS) is 1. The van der Waals surface area contributed by atoms with Crippen molar-refractivity contribution >= 4 is 5.97 Å². The summed E-state index contributed by atoms with van der Waals surface area (Å²) < 4.78 is 5.86. The van der Waals surface area contributed by atoms with Gasteiger partial charge in [0.2, 0.25) is 0 Å². The number of rotatable bonds is 3. The number of ether oxygens (including phenoxy) is 1. The van der Waals surface area contributed by atoms with Gasteiger partial charge < -0.3 is 9.84 Å². The lowest BCUT2D eigenvalue weighted by Gasteiger charge is -2.45. The van der Waals surface area contributed by atoms with Gasteiger partial charge in [-0.25, -0.2) is 0 Å². The summed E-state index contributed by atoms with van der Waals surface area (Å²) in [5, 5.41) is 9.49. The third kappa shape index (κ3) is 2.28. The molecule has 0 spiro atoms. The summed E-state index contributed by atoms with van der Waals surface area (Å²) in [5.41, 5.74) is -0.748. The maximum atomic E-state index is 11.5. The highest BCUT2D eigenvalue weighted by atomic mass is 16.5. The molecule has 0 saturated carbocycles. The lowest BCUT2D eigenvalue weighted by molar-refractivity contribution is -0.155. The van der Waals surface area contributed by atoms with Crippen LogP contribution in [0.25, 0.3) is 0 Å². The summed E-state index contributed by atoms with van der Waals surface area (Å²) in [6.07, 6.45) is 4.65. The molecule has 0 radical (unpaired) electrons. The molecule has 2 heterocycles. The van der Waals surface area contributed by atoms with Gasteiger partial charge >= 0.3 is 5.97 Å². The van der Waals surface area contributed by atoms with Crippen LogP contribution in [0.2, 0.25) is 0 Å². The van der Waals surface area contributed by atoms with E-state index < -0.39 is 11.5 Å². The van der Waals surface area contributed by atoms with E-state index in [0.29, 0.717) is 6.04 Å². The number of carboxylic acids is 1. The van der Waals surface area contributed by atoms with E-state index in [1.54, 1.807) is 0 Å². The number of carbonyl (C=O) groups is 1. The first-order valence-corrected chi connectivity index (χ1v) is 7.05. The lowest BCUT2D eigenvalue weighted by Crippen LogP contribution is -2.56. The molecule has 2 saturated heterocycles. The molecule has 0 aromatic rings. The molecular formula is C14H25NO3. The number of hydrogen-bond acceptors (Lipinski definition) is 3. The van der Waals surface area contributed by atoms with Gasteiger partial charge in [-0.2, -0.15) is 0 Å². The van der Waals surface area contributed by atoms with Crippen molar-refractivity contribution in [3.05, 3.63) is 0 Å². The second-order valence-corrected chi connectivity index (χ2v) is 6.17. The van der Waals surface area contributed by atoms with Gasteiger partial charge in [-0.3, -0.25) is 9.69 Å². The first kappa shape index (κ1) is 13.8. The Kier molecular flexibility index (Phi) is 3.70. The van der Waals surface area contributed by atoms with Gasteiger partial charge in [0.1, 0.15) is 5.54 Å².